The van der Waals surface area contributed by atoms with E-state index in [0.29, 0.717) is 6.79 Å². The molecule has 4 heteroatoms. The molecule has 0 atom stereocenters. The van der Waals surface area contributed by atoms with E-state index in [4.69, 9.17) is 9.47 Å². The molecule has 2 heterocycles. The van der Waals surface area contributed by atoms with Crippen molar-refractivity contribution in [3.05, 3.63) is 42.2 Å². The Balaban J connectivity index is 1.71. The van der Waals surface area contributed by atoms with Crippen molar-refractivity contribution in [1.29, 1.82) is 0 Å². The summed E-state index contributed by atoms with van der Waals surface area (Å²) < 4.78 is 10.6. The first kappa shape index (κ1) is 9.15. The van der Waals surface area contributed by atoms with Gasteiger partial charge in [0.05, 0.1) is 6.54 Å². The van der Waals surface area contributed by atoms with E-state index >= 15 is 0 Å². The highest BCUT2D eigenvalue weighted by Crippen LogP contribution is 2.34. The highest BCUT2D eigenvalue weighted by molar-refractivity contribution is 5.55. The lowest BCUT2D eigenvalue weighted by Crippen LogP contribution is -1.99. The molecule has 0 radical (unpaired) electrons. The van der Waals surface area contributed by atoms with Crippen LogP contribution >= 0.6 is 0 Å². The maximum absolute atomic E-state index is 5.31. The van der Waals surface area contributed by atoms with Crippen molar-refractivity contribution in [2.24, 2.45) is 0 Å². The number of hydrogen-bond donors (Lipinski definition) is 2. The van der Waals surface area contributed by atoms with Crippen LogP contribution in [0.1, 0.15) is 5.69 Å². The van der Waals surface area contributed by atoms with Gasteiger partial charge in [0.15, 0.2) is 11.5 Å². The van der Waals surface area contributed by atoms with Crippen LogP contribution < -0.4 is 14.8 Å². The predicted molar refractivity (Wildman–Crippen MR) is 60.7 cm³/mol. The van der Waals surface area contributed by atoms with Crippen LogP contribution in [0.25, 0.3) is 0 Å². The molecule has 0 bridgehead atoms. The van der Waals surface area contributed by atoms with Crippen molar-refractivity contribution < 1.29 is 9.47 Å². The predicted octanol–water partition coefficient (Wildman–Crippen LogP) is 2.36. The summed E-state index contributed by atoms with van der Waals surface area (Å²) in [5.74, 6) is 1.61. The molecular formula is C12H12N2O2. The Labute approximate surface area is 93.2 Å². The molecule has 0 saturated carbocycles. The molecular weight excluding hydrogens is 204 g/mol. The molecule has 4 nitrogen and oxygen atoms in total. The Morgan fingerprint density at radius 1 is 1.19 bits per heavy atom. The SMILES string of the molecule is c1c[nH]c(CNc2ccc3c(c2)OCO3)c1. The molecule has 0 spiro atoms. The fourth-order valence-corrected chi connectivity index (χ4v) is 1.68. The van der Waals surface area contributed by atoms with Gasteiger partial charge in [0.25, 0.3) is 0 Å². The first-order valence-electron chi connectivity index (χ1n) is 5.17. The van der Waals surface area contributed by atoms with Crippen molar-refractivity contribution in [3.63, 3.8) is 0 Å². The minimum absolute atomic E-state index is 0.315. The number of aromatic amines is 1. The summed E-state index contributed by atoms with van der Waals surface area (Å²) in [5, 5.41) is 3.31. The number of rotatable bonds is 3. The number of hydrogen-bond acceptors (Lipinski definition) is 3. The van der Waals surface area contributed by atoms with Crippen LogP contribution in [0.3, 0.4) is 0 Å². The molecule has 0 amide bonds. The first-order valence-corrected chi connectivity index (χ1v) is 5.17. The normalized spacial score (nSPS) is 12.8. The van der Waals surface area contributed by atoms with Gasteiger partial charge in [-0.1, -0.05) is 0 Å². The summed E-state index contributed by atoms with van der Waals surface area (Å²) in [6.45, 7) is 1.09. The summed E-state index contributed by atoms with van der Waals surface area (Å²) in [5.41, 5.74) is 2.18. The minimum atomic E-state index is 0.315. The lowest BCUT2D eigenvalue weighted by atomic mass is 10.2. The molecule has 2 N–H and O–H groups in total. The van der Waals surface area contributed by atoms with Crippen LogP contribution in [-0.4, -0.2) is 11.8 Å². The van der Waals surface area contributed by atoms with Gasteiger partial charge in [-0.3, -0.25) is 0 Å². The Kier molecular flexibility index (Phi) is 2.18. The molecule has 3 rings (SSSR count). The maximum Gasteiger partial charge on any atom is 0.231 e. The molecule has 2 aromatic rings. The standard InChI is InChI=1S/C12H12N2O2/c1-2-10(13-5-1)7-14-9-3-4-11-12(6-9)16-8-15-11/h1-6,13-14H,7-8H2. The molecule has 0 unspecified atom stereocenters. The zero-order valence-electron chi connectivity index (χ0n) is 8.69. The molecule has 82 valence electrons. The highest BCUT2D eigenvalue weighted by atomic mass is 16.7. The van der Waals surface area contributed by atoms with Crippen LogP contribution in [0.5, 0.6) is 11.5 Å². The van der Waals surface area contributed by atoms with Gasteiger partial charge in [-0.25, -0.2) is 0 Å². The lowest BCUT2D eigenvalue weighted by molar-refractivity contribution is 0.174. The number of benzene rings is 1. The third-order valence-electron chi connectivity index (χ3n) is 2.52. The van der Waals surface area contributed by atoms with E-state index in [9.17, 15) is 0 Å². The van der Waals surface area contributed by atoms with Gasteiger partial charge < -0.3 is 19.8 Å². The second kappa shape index (κ2) is 3.81. The highest BCUT2D eigenvalue weighted by Gasteiger charge is 2.12. The van der Waals surface area contributed by atoms with E-state index in [2.05, 4.69) is 10.3 Å². The van der Waals surface area contributed by atoms with Crippen LogP contribution in [-0.2, 0) is 6.54 Å². The molecule has 1 aliphatic heterocycles. The second-order valence-corrected chi connectivity index (χ2v) is 3.62. The molecule has 1 aromatic carbocycles. The number of nitrogens with one attached hydrogen (secondary N) is 2. The topological polar surface area (TPSA) is 46.3 Å². The smallest absolute Gasteiger partial charge is 0.231 e. The summed E-state index contributed by atoms with van der Waals surface area (Å²) in [6.07, 6.45) is 1.91. The van der Waals surface area contributed by atoms with Crippen LogP contribution in [0.4, 0.5) is 5.69 Å². The fraction of sp³-hybridized carbons (Fsp3) is 0.167. The van der Waals surface area contributed by atoms with Gasteiger partial charge >= 0.3 is 0 Å². The second-order valence-electron chi connectivity index (χ2n) is 3.62. The monoisotopic (exact) mass is 216 g/mol. The number of fused-ring (bicyclic) bond motifs is 1. The third-order valence-corrected chi connectivity index (χ3v) is 2.52. The van der Waals surface area contributed by atoms with Gasteiger partial charge in [0.2, 0.25) is 6.79 Å². The van der Waals surface area contributed by atoms with Crippen molar-refractivity contribution in [2.75, 3.05) is 12.1 Å². The minimum Gasteiger partial charge on any atom is -0.454 e. The number of aromatic nitrogens is 1. The van der Waals surface area contributed by atoms with Crippen LogP contribution in [0.15, 0.2) is 36.5 Å². The van der Waals surface area contributed by atoms with E-state index in [1.54, 1.807) is 0 Å². The van der Waals surface area contributed by atoms with Gasteiger partial charge in [-0.15, -0.1) is 0 Å². The summed E-state index contributed by atoms with van der Waals surface area (Å²) >= 11 is 0. The van der Waals surface area contributed by atoms with E-state index in [1.807, 2.05) is 36.5 Å². The van der Waals surface area contributed by atoms with Gasteiger partial charge in [-0.2, -0.15) is 0 Å². The van der Waals surface area contributed by atoms with Crippen LogP contribution in [0.2, 0.25) is 0 Å². The van der Waals surface area contributed by atoms with Gasteiger partial charge in [0, 0.05) is 23.6 Å². The van der Waals surface area contributed by atoms with E-state index in [1.165, 1.54) is 0 Å². The van der Waals surface area contributed by atoms with Gasteiger partial charge in [0.1, 0.15) is 0 Å². The molecule has 1 aliphatic rings. The molecule has 1 aromatic heterocycles. The summed E-state index contributed by atoms with van der Waals surface area (Å²) in [7, 11) is 0. The van der Waals surface area contributed by atoms with Gasteiger partial charge in [-0.05, 0) is 24.3 Å². The summed E-state index contributed by atoms with van der Waals surface area (Å²) in [4.78, 5) is 3.14. The molecule has 0 aliphatic carbocycles. The largest absolute Gasteiger partial charge is 0.454 e. The Morgan fingerprint density at radius 3 is 3.00 bits per heavy atom. The Hall–Kier alpha value is -2.10. The van der Waals surface area contributed by atoms with Crippen LogP contribution in [0, 0.1) is 0 Å². The van der Waals surface area contributed by atoms with Crippen molar-refractivity contribution in [1.82, 2.24) is 4.98 Å². The third kappa shape index (κ3) is 1.69. The Bertz CT molecular complexity index is 480. The van der Waals surface area contributed by atoms with E-state index in [0.717, 1.165) is 29.4 Å². The maximum atomic E-state index is 5.31. The van der Waals surface area contributed by atoms with Crippen molar-refractivity contribution >= 4 is 5.69 Å². The summed E-state index contributed by atoms with van der Waals surface area (Å²) in [6, 6.07) is 9.87. The number of anilines is 1. The molecule has 0 saturated heterocycles. The first-order chi connectivity index (χ1) is 7.92. The zero-order chi connectivity index (χ0) is 10.8. The zero-order valence-corrected chi connectivity index (χ0v) is 8.69. The van der Waals surface area contributed by atoms with E-state index in [-0.39, 0.29) is 0 Å². The lowest BCUT2D eigenvalue weighted by Gasteiger charge is -2.05. The average molecular weight is 216 g/mol. The molecule has 16 heavy (non-hydrogen) atoms. The average Bonchev–Trinajstić information content (AvgIpc) is 2.97. The Morgan fingerprint density at radius 2 is 2.12 bits per heavy atom. The van der Waals surface area contributed by atoms with E-state index < -0.39 is 0 Å². The molecule has 0 fully saturated rings. The number of H-pyrrole nitrogens is 1. The quantitative estimate of drug-likeness (QED) is 0.827. The van der Waals surface area contributed by atoms with Crippen molar-refractivity contribution in [2.45, 2.75) is 6.54 Å². The van der Waals surface area contributed by atoms with Crippen molar-refractivity contribution in [3.8, 4) is 11.5 Å². The number of ether oxygens (including phenoxy) is 2. The fourth-order valence-electron chi connectivity index (χ4n) is 1.68.